The van der Waals surface area contributed by atoms with Gasteiger partial charge in [-0.05, 0) is 56.3 Å². The van der Waals surface area contributed by atoms with E-state index in [0.29, 0.717) is 47.7 Å². The third-order valence-corrected chi connectivity index (χ3v) is 8.76. The zero-order valence-corrected chi connectivity index (χ0v) is 29.4. The molecule has 0 unspecified atom stereocenters. The topological polar surface area (TPSA) is 73.8 Å². The Labute approximate surface area is 286 Å². The summed E-state index contributed by atoms with van der Waals surface area (Å²) in [5.41, 5.74) is 2.10. The highest BCUT2D eigenvalue weighted by Gasteiger charge is 2.30. The van der Waals surface area contributed by atoms with Gasteiger partial charge in [-0.25, -0.2) is 0 Å². The van der Waals surface area contributed by atoms with Gasteiger partial charge in [0.05, 0.1) is 62.0 Å². The van der Waals surface area contributed by atoms with Gasteiger partial charge in [0.2, 0.25) is 0 Å². The van der Waals surface area contributed by atoms with E-state index in [2.05, 4.69) is 45.2 Å². The second-order valence-electron chi connectivity index (χ2n) is 9.60. The number of methoxy groups -OCH3 is 4. The lowest BCUT2D eigenvalue weighted by Crippen LogP contribution is -2.43. The van der Waals surface area contributed by atoms with Crippen molar-refractivity contribution in [1.29, 1.82) is 0 Å². The molecule has 234 valence electrons. The lowest BCUT2D eigenvalue weighted by molar-refractivity contribution is -0.0551. The molecule has 4 aromatic carbocycles. The van der Waals surface area contributed by atoms with Crippen LogP contribution in [0.4, 0.5) is 0 Å². The van der Waals surface area contributed by atoms with E-state index in [-0.39, 0.29) is 13.2 Å². The van der Waals surface area contributed by atoms with E-state index in [1.807, 2.05) is 84.9 Å². The molecule has 0 aromatic heterocycles. The molecular formula is C34H36I2O8. The van der Waals surface area contributed by atoms with E-state index in [9.17, 15) is 0 Å². The Morgan fingerprint density at radius 3 is 1.20 bits per heavy atom. The molecule has 0 N–H and O–H groups in total. The van der Waals surface area contributed by atoms with Crippen molar-refractivity contribution in [3.63, 3.8) is 0 Å². The third-order valence-electron chi connectivity index (χ3n) is 6.63. The van der Waals surface area contributed by atoms with Crippen LogP contribution in [0, 0.1) is 7.14 Å². The van der Waals surface area contributed by atoms with E-state index >= 15 is 0 Å². The quantitative estimate of drug-likeness (QED) is 0.101. The maximum atomic E-state index is 6.70. The standard InChI is InChI=1S/C34H36I2O8/c1-37-25-15-27(39-3)33(35)29(17-25)43-31(21-41-19-23-11-7-5-8-12-23)32(22-42-20-24-13-9-6-10-14-24)44-30-18-26(38-2)16-28(40-4)34(30)36/h5-18,31-32H,19-22H2,1-4H3/t31-,32-/m1/s1. The zero-order valence-electron chi connectivity index (χ0n) is 25.1. The van der Waals surface area contributed by atoms with Gasteiger partial charge in [0.25, 0.3) is 0 Å². The molecule has 10 heteroatoms. The van der Waals surface area contributed by atoms with Gasteiger partial charge >= 0.3 is 0 Å². The van der Waals surface area contributed by atoms with Crippen LogP contribution in [-0.4, -0.2) is 53.9 Å². The van der Waals surface area contributed by atoms with Crippen LogP contribution in [0.5, 0.6) is 34.5 Å². The monoisotopic (exact) mass is 826 g/mol. The average molecular weight is 826 g/mol. The molecule has 0 aliphatic rings. The van der Waals surface area contributed by atoms with Crippen LogP contribution in [-0.2, 0) is 22.7 Å². The van der Waals surface area contributed by atoms with Crippen molar-refractivity contribution in [2.24, 2.45) is 0 Å². The molecule has 0 aliphatic heterocycles. The summed E-state index contributed by atoms with van der Waals surface area (Å²) in [4.78, 5) is 0. The predicted octanol–water partition coefficient (Wildman–Crippen LogP) is 7.56. The number of ether oxygens (including phenoxy) is 8. The largest absolute Gasteiger partial charge is 0.496 e. The molecule has 0 spiro atoms. The van der Waals surface area contributed by atoms with Gasteiger partial charge in [-0.3, -0.25) is 0 Å². The van der Waals surface area contributed by atoms with E-state index in [4.69, 9.17) is 37.9 Å². The first kappa shape index (κ1) is 33.9. The highest BCUT2D eigenvalue weighted by molar-refractivity contribution is 14.1. The average Bonchev–Trinajstić information content (AvgIpc) is 3.06. The highest BCUT2D eigenvalue weighted by atomic mass is 127. The van der Waals surface area contributed by atoms with Gasteiger partial charge in [-0.15, -0.1) is 0 Å². The highest BCUT2D eigenvalue weighted by Crippen LogP contribution is 2.38. The van der Waals surface area contributed by atoms with Crippen molar-refractivity contribution in [2.75, 3.05) is 41.7 Å². The van der Waals surface area contributed by atoms with Crippen LogP contribution >= 0.6 is 45.2 Å². The summed E-state index contributed by atoms with van der Waals surface area (Å²) in [5.74, 6) is 3.62. The molecule has 8 nitrogen and oxygen atoms in total. The molecule has 4 rings (SSSR count). The van der Waals surface area contributed by atoms with Crippen molar-refractivity contribution in [3.8, 4) is 34.5 Å². The fraction of sp³-hybridized carbons (Fsp3) is 0.294. The Hall–Kier alpha value is -2.94. The van der Waals surface area contributed by atoms with Crippen molar-refractivity contribution >= 4 is 45.2 Å². The smallest absolute Gasteiger partial charge is 0.161 e. The minimum Gasteiger partial charge on any atom is -0.496 e. The van der Waals surface area contributed by atoms with Crippen LogP contribution in [0.25, 0.3) is 0 Å². The molecule has 4 aromatic rings. The summed E-state index contributed by atoms with van der Waals surface area (Å²) in [5, 5.41) is 0. The Bertz CT molecular complexity index is 1340. The molecule has 0 amide bonds. The summed E-state index contributed by atoms with van der Waals surface area (Å²) in [7, 11) is 6.44. The zero-order chi connectivity index (χ0) is 31.3. The Morgan fingerprint density at radius 1 is 0.500 bits per heavy atom. The second-order valence-corrected chi connectivity index (χ2v) is 11.8. The van der Waals surface area contributed by atoms with E-state index in [1.54, 1.807) is 28.4 Å². The lowest BCUT2D eigenvalue weighted by Gasteiger charge is -2.30. The molecular weight excluding hydrogens is 790 g/mol. The van der Waals surface area contributed by atoms with Crippen molar-refractivity contribution < 1.29 is 37.9 Å². The van der Waals surface area contributed by atoms with E-state index < -0.39 is 12.2 Å². The number of hydrogen-bond donors (Lipinski definition) is 0. The second kappa shape index (κ2) is 17.5. The van der Waals surface area contributed by atoms with Gasteiger partial charge in [0.15, 0.2) is 12.2 Å². The number of hydrogen-bond acceptors (Lipinski definition) is 8. The first-order valence-corrected chi connectivity index (χ1v) is 16.0. The van der Waals surface area contributed by atoms with Crippen LogP contribution in [0.3, 0.4) is 0 Å². The molecule has 0 radical (unpaired) electrons. The van der Waals surface area contributed by atoms with Gasteiger partial charge in [-0.1, -0.05) is 60.7 Å². The summed E-state index contributed by atoms with van der Waals surface area (Å²) in [6.45, 7) is 1.23. The molecule has 0 saturated carbocycles. The molecule has 44 heavy (non-hydrogen) atoms. The summed E-state index contributed by atoms with van der Waals surface area (Å²) < 4.78 is 49.7. The third kappa shape index (κ3) is 9.53. The fourth-order valence-corrected chi connectivity index (χ4v) is 5.61. The van der Waals surface area contributed by atoms with Gasteiger partial charge < -0.3 is 37.9 Å². The minimum atomic E-state index is -0.604. The maximum Gasteiger partial charge on any atom is 0.161 e. The molecule has 0 saturated heterocycles. The molecule has 0 bridgehead atoms. The van der Waals surface area contributed by atoms with Crippen molar-refractivity contribution in [1.82, 2.24) is 0 Å². The van der Waals surface area contributed by atoms with Gasteiger partial charge in [0.1, 0.15) is 34.5 Å². The van der Waals surface area contributed by atoms with Crippen molar-refractivity contribution in [3.05, 3.63) is 103 Å². The Morgan fingerprint density at radius 2 is 0.864 bits per heavy atom. The van der Waals surface area contributed by atoms with Gasteiger partial charge in [0, 0.05) is 24.3 Å². The fourth-order valence-electron chi connectivity index (χ4n) is 4.30. The van der Waals surface area contributed by atoms with Crippen LogP contribution in [0.2, 0.25) is 0 Å². The molecule has 2 atom stereocenters. The first-order valence-electron chi connectivity index (χ1n) is 13.8. The normalized spacial score (nSPS) is 12.2. The van der Waals surface area contributed by atoms with Crippen LogP contribution in [0.15, 0.2) is 84.9 Å². The Kier molecular flexibility index (Phi) is 13.5. The van der Waals surface area contributed by atoms with Gasteiger partial charge in [-0.2, -0.15) is 0 Å². The lowest BCUT2D eigenvalue weighted by atomic mass is 10.2. The van der Waals surface area contributed by atoms with Crippen LogP contribution < -0.4 is 28.4 Å². The SMILES string of the molecule is COc1cc(OC)c(I)c(O[C@H](COCc2ccccc2)[C@@H](COCc2ccccc2)Oc2cc(OC)cc(OC)c2I)c1. The number of halogens is 2. The Balaban J connectivity index is 1.69. The summed E-state index contributed by atoms with van der Waals surface area (Å²) in [6, 6.07) is 27.3. The first-order chi connectivity index (χ1) is 21.4. The van der Waals surface area contributed by atoms with Crippen molar-refractivity contribution in [2.45, 2.75) is 25.4 Å². The molecule has 0 fully saturated rings. The van der Waals surface area contributed by atoms with E-state index in [0.717, 1.165) is 18.3 Å². The summed E-state index contributed by atoms with van der Waals surface area (Å²) in [6.07, 6.45) is -1.21. The minimum absolute atomic E-state index is 0.210. The number of benzene rings is 4. The van der Waals surface area contributed by atoms with E-state index in [1.165, 1.54) is 0 Å². The molecule has 0 aliphatic carbocycles. The van der Waals surface area contributed by atoms with Crippen LogP contribution in [0.1, 0.15) is 11.1 Å². The summed E-state index contributed by atoms with van der Waals surface area (Å²) >= 11 is 4.42. The predicted molar refractivity (Wildman–Crippen MR) is 186 cm³/mol. The molecule has 0 heterocycles. The maximum absolute atomic E-state index is 6.70. The number of rotatable bonds is 17.